The van der Waals surface area contributed by atoms with Crippen LogP contribution in [0.15, 0.2) is 231 Å². The minimum absolute atomic E-state index is 0.204. The van der Waals surface area contributed by atoms with E-state index >= 15 is 0 Å². The van der Waals surface area contributed by atoms with E-state index in [1.165, 1.54) is 24.3 Å². The second kappa shape index (κ2) is 21.7. The smallest absolute Gasteiger partial charge is 0.197 e. The summed E-state index contributed by atoms with van der Waals surface area (Å²) in [6.45, 7) is 23.9. The molecule has 0 aliphatic rings. The Morgan fingerprint density at radius 3 is 1.34 bits per heavy atom. The van der Waals surface area contributed by atoms with Gasteiger partial charge in [-0.05, 0) is 119 Å². The fourth-order valence-corrected chi connectivity index (χ4v) is 12.0. The maximum atomic E-state index is 10.4. The summed E-state index contributed by atoms with van der Waals surface area (Å²) in [5, 5.41) is 44.4. The van der Waals surface area contributed by atoms with Crippen LogP contribution >= 0.6 is 0 Å². The van der Waals surface area contributed by atoms with E-state index in [1.807, 2.05) is 140 Å². The number of para-hydroxylation sites is 2. The van der Waals surface area contributed by atoms with Crippen molar-refractivity contribution in [1.29, 1.82) is 21.0 Å². The van der Waals surface area contributed by atoms with Gasteiger partial charge in [-0.3, -0.25) is 0 Å². The van der Waals surface area contributed by atoms with Crippen molar-refractivity contribution >= 4 is 60.7 Å². The lowest BCUT2D eigenvalue weighted by molar-refractivity contribution is 1.06. The molecule has 14 rings (SSSR count). The van der Waals surface area contributed by atoms with Crippen LogP contribution in [0.3, 0.4) is 0 Å². The third-order valence-electron chi connectivity index (χ3n) is 15.9. The molecule has 14 aromatic rings. The average Bonchev–Trinajstić information content (AvgIpc) is 1.59. The Labute approximate surface area is 504 Å². The summed E-state index contributed by atoms with van der Waals surface area (Å²) >= 11 is 0. The maximum absolute atomic E-state index is 10.4. The van der Waals surface area contributed by atoms with Gasteiger partial charge >= 0.3 is 0 Å². The van der Waals surface area contributed by atoms with Crippen molar-refractivity contribution < 1.29 is 0 Å². The van der Waals surface area contributed by atoms with Crippen molar-refractivity contribution in [1.82, 2.24) is 24.1 Å². The van der Waals surface area contributed by atoms with E-state index in [-0.39, 0.29) is 33.8 Å². The minimum Gasteiger partial charge on any atom is -0.309 e. The molecular formula is C76H38N12. The van der Waals surface area contributed by atoms with Gasteiger partial charge in [-0.25, -0.2) is 29.5 Å². The number of nitrogens with zero attached hydrogens (tertiary/aromatic N) is 12. The first-order chi connectivity index (χ1) is 43.3. The van der Waals surface area contributed by atoms with E-state index in [2.05, 4.69) is 109 Å². The highest BCUT2D eigenvalue weighted by atomic mass is 15.1. The highest BCUT2D eigenvalue weighted by molar-refractivity contribution is 6.13. The lowest BCUT2D eigenvalue weighted by Gasteiger charge is -2.19. The molecule has 0 radical (unpaired) electrons. The van der Waals surface area contributed by atoms with Crippen LogP contribution in [0, 0.1) is 65.0 Å². The zero-order valence-electron chi connectivity index (χ0n) is 46.3. The summed E-state index contributed by atoms with van der Waals surface area (Å²) in [6.07, 6.45) is 0. The fourth-order valence-electron chi connectivity index (χ4n) is 12.0. The van der Waals surface area contributed by atoms with Gasteiger partial charge in [-0.2, -0.15) is 21.0 Å². The summed E-state index contributed by atoms with van der Waals surface area (Å²) in [5.74, 6) is 1.33. The highest BCUT2D eigenvalue weighted by Crippen LogP contribution is 2.46. The molecule has 0 bridgehead atoms. The Hall–Kier alpha value is -13.5. The van der Waals surface area contributed by atoms with Crippen molar-refractivity contribution in [3.8, 4) is 114 Å². The normalized spacial score (nSPS) is 10.9. The number of hydrogen-bond donors (Lipinski definition) is 0. The molecule has 0 amide bonds. The van der Waals surface area contributed by atoms with Crippen LogP contribution in [0.1, 0.15) is 22.3 Å². The SMILES string of the molecule is [C-]#[N+]c1cc(C#N)c(-c2ccc3c(c2)c2ccccc2n3-c2ccc(-c3cccc(C#N)c3)cc2-c2ccc(-n3c4ccccc4c4cc(-c5c(C#N)cc(C#N)cc5[N+]#[C-])ccc43)c(-c3nc(-c4ccccc4)nc(-c4ccccc4)n3)c2)c([N+]#[C-])c1. The van der Waals surface area contributed by atoms with E-state index in [0.717, 1.165) is 88.4 Å². The lowest BCUT2D eigenvalue weighted by atomic mass is 9.94. The molecule has 3 aromatic heterocycles. The Kier molecular flexibility index (Phi) is 12.9. The van der Waals surface area contributed by atoms with E-state index in [4.69, 9.17) is 34.7 Å². The molecule has 12 nitrogen and oxygen atoms in total. The van der Waals surface area contributed by atoms with Gasteiger partial charge in [0.25, 0.3) is 0 Å². The average molecular weight is 1120 g/mol. The van der Waals surface area contributed by atoms with E-state index < -0.39 is 0 Å². The number of aromatic nitrogens is 5. The molecule has 402 valence electrons. The molecule has 0 fully saturated rings. The van der Waals surface area contributed by atoms with Gasteiger partial charge in [-0.1, -0.05) is 140 Å². The van der Waals surface area contributed by atoms with Crippen LogP contribution in [-0.4, -0.2) is 24.1 Å². The Balaban J connectivity index is 1.06. The van der Waals surface area contributed by atoms with Gasteiger partial charge in [0.05, 0.1) is 88.6 Å². The maximum Gasteiger partial charge on any atom is 0.197 e. The van der Waals surface area contributed by atoms with Crippen LogP contribution in [0.5, 0.6) is 0 Å². The quantitative estimate of drug-likeness (QED) is 0.130. The molecule has 88 heavy (non-hydrogen) atoms. The first-order valence-electron chi connectivity index (χ1n) is 27.7. The van der Waals surface area contributed by atoms with Gasteiger partial charge < -0.3 is 9.13 Å². The van der Waals surface area contributed by atoms with Crippen molar-refractivity contribution in [2.75, 3.05) is 0 Å². The fraction of sp³-hybridized carbons (Fsp3) is 0. The van der Waals surface area contributed by atoms with E-state index in [9.17, 15) is 21.0 Å². The summed E-state index contributed by atoms with van der Waals surface area (Å²) in [7, 11) is 0. The molecule has 0 unspecified atom stereocenters. The molecule has 0 spiro atoms. The summed E-state index contributed by atoms with van der Waals surface area (Å²) in [6, 6.07) is 83.0. The largest absolute Gasteiger partial charge is 0.309 e. The molecule has 12 heteroatoms. The summed E-state index contributed by atoms with van der Waals surface area (Å²) in [4.78, 5) is 27.0. The lowest BCUT2D eigenvalue weighted by Crippen LogP contribution is -2.04. The number of nitriles is 4. The second-order valence-electron chi connectivity index (χ2n) is 20.8. The topological polar surface area (TPSA) is 157 Å². The van der Waals surface area contributed by atoms with Crippen LogP contribution in [0.2, 0.25) is 0 Å². The molecule has 3 heterocycles. The standard InChI is InChI=1S/C76H38N12/c1-81-57-36-56(45-80)73(65(41-57)83-3)54-28-31-69-61(40-54)58-21-10-12-23-66(58)87(69)68-29-25-51(50-20-14-15-46(33-50)42-77)37-60(68)52-26-30-71(63(38-52)76-85-74(48-16-6-4-7-17-48)84-75(86-76)49-18-8-5-9-19-49)88-67-24-13-11-22-59(67)62-39-53(27-32-70(62)88)72-55(44-79)34-47(43-78)35-64(72)82-2/h4-41H. The predicted octanol–water partition coefficient (Wildman–Crippen LogP) is 18.9. The molecule has 0 aliphatic carbocycles. The van der Waals surface area contributed by atoms with Gasteiger partial charge in [0.2, 0.25) is 0 Å². The van der Waals surface area contributed by atoms with Crippen LogP contribution in [0.4, 0.5) is 17.1 Å². The number of fused-ring (bicyclic) bond motifs is 6. The first-order valence-corrected chi connectivity index (χ1v) is 27.7. The van der Waals surface area contributed by atoms with Crippen molar-refractivity contribution in [2.45, 2.75) is 0 Å². The van der Waals surface area contributed by atoms with Gasteiger partial charge in [0.1, 0.15) is 0 Å². The van der Waals surface area contributed by atoms with Crippen molar-refractivity contribution in [2.24, 2.45) is 0 Å². The summed E-state index contributed by atoms with van der Waals surface area (Å²) in [5.41, 5.74) is 14.7. The first kappa shape index (κ1) is 52.5. The van der Waals surface area contributed by atoms with Gasteiger partial charge in [0, 0.05) is 66.1 Å². The van der Waals surface area contributed by atoms with E-state index in [1.54, 1.807) is 6.07 Å². The highest BCUT2D eigenvalue weighted by Gasteiger charge is 2.25. The second-order valence-corrected chi connectivity index (χ2v) is 20.8. The van der Waals surface area contributed by atoms with Crippen molar-refractivity contribution in [3.05, 3.63) is 287 Å². The monoisotopic (exact) mass is 1120 g/mol. The zero-order chi connectivity index (χ0) is 60.0. The number of rotatable bonds is 9. The Morgan fingerprint density at radius 2 is 0.784 bits per heavy atom. The van der Waals surface area contributed by atoms with Gasteiger partial charge in [-0.15, -0.1) is 0 Å². The molecule has 0 saturated carbocycles. The van der Waals surface area contributed by atoms with Crippen LogP contribution in [0.25, 0.3) is 148 Å². The molecule has 0 aliphatic heterocycles. The summed E-state index contributed by atoms with van der Waals surface area (Å²) < 4.78 is 4.43. The number of hydrogen-bond acceptors (Lipinski definition) is 7. The molecular weight excluding hydrogens is 1080 g/mol. The minimum atomic E-state index is 0.204. The van der Waals surface area contributed by atoms with Crippen LogP contribution in [-0.2, 0) is 0 Å². The molecule has 11 aromatic carbocycles. The van der Waals surface area contributed by atoms with Crippen molar-refractivity contribution in [3.63, 3.8) is 0 Å². The van der Waals surface area contributed by atoms with Gasteiger partial charge in [0.15, 0.2) is 34.5 Å². The number of benzene rings is 11. The predicted molar refractivity (Wildman–Crippen MR) is 344 cm³/mol. The third-order valence-corrected chi connectivity index (χ3v) is 15.9. The third kappa shape index (κ3) is 8.85. The molecule has 0 saturated heterocycles. The molecule has 0 atom stereocenters. The van der Waals surface area contributed by atoms with Crippen LogP contribution < -0.4 is 0 Å². The Morgan fingerprint density at radius 1 is 0.318 bits per heavy atom. The zero-order valence-corrected chi connectivity index (χ0v) is 46.3. The molecule has 0 N–H and O–H groups in total. The van der Waals surface area contributed by atoms with E-state index in [0.29, 0.717) is 50.9 Å². The Bertz CT molecular complexity index is 5480.